The van der Waals surface area contributed by atoms with E-state index in [4.69, 9.17) is 17.3 Å². The summed E-state index contributed by atoms with van der Waals surface area (Å²) >= 11 is 6.00. The van der Waals surface area contributed by atoms with Gasteiger partial charge in [0.05, 0.1) is 6.04 Å². The topological polar surface area (TPSA) is 59.5 Å². The molecular weight excluding hydrogens is 317 g/mol. The van der Waals surface area contributed by atoms with Gasteiger partial charge in [-0.25, -0.2) is 13.9 Å². The molecule has 7 heteroatoms. The molecule has 2 aromatic heterocycles. The third-order valence-corrected chi connectivity index (χ3v) is 4.42. The van der Waals surface area contributed by atoms with Crippen molar-refractivity contribution in [1.82, 2.24) is 14.6 Å². The molecule has 1 unspecified atom stereocenters. The van der Waals surface area contributed by atoms with Gasteiger partial charge in [-0.3, -0.25) is 0 Å². The van der Waals surface area contributed by atoms with Crippen LogP contribution in [0.25, 0.3) is 5.65 Å². The van der Waals surface area contributed by atoms with Crippen molar-refractivity contribution in [3.8, 4) is 0 Å². The van der Waals surface area contributed by atoms with E-state index in [9.17, 15) is 4.39 Å². The third kappa shape index (κ3) is 2.39. The van der Waals surface area contributed by atoms with Gasteiger partial charge in [-0.1, -0.05) is 11.6 Å². The van der Waals surface area contributed by atoms with Crippen LogP contribution in [-0.2, 0) is 0 Å². The number of anilines is 2. The molecule has 3 aromatic rings. The van der Waals surface area contributed by atoms with Gasteiger partial charge in [0.25, 0.3) is 0 Å². The van der Waals surface area contributed by atoms with Crippen molar-refractivity contribution in [2.45, 2.75) is 18.9 Å². The van der Waals surface area contributed by atoms with Crippen molar-refractivity contribution in [1.29, 1.82) is 0 Å². The summed E-state index contributed by atoms with van der Waals surface area (Å²) < 4.78 is 15.4. The van der Waals surface area contributed by atoms with Gasteiger partial charge in [0, 0.05) is 24.0 Å². The second-order valence-electron chi connectivity index (χ2n) is 5.68. The molecule has 0 radical (unpaired) electrons. The van der Waals surface area contributed by atoms with Crippen LogP contribution in [-0.4, -0.2) is 21.1 Å². The summed E-state index contributed by atoms with van der Waals surface area (Å²) in [6.07, 6.45) is 5.39. The molecule has 1 aliphatic heterocycles. The Morgan fingerprint density at radius 3 is 2.96 bits per heavy atom. The Bertz CT molecular complexity index is 858. The first kappa shape index (κ1) is 14.3. The SMILES string of the molecule is Nc1c(N2CCCC2c2cc(F)cc(Cl)c2)nn2cccnc12. The van der Waals surface area contributed by atoms with Crippen LogP contribution in [0.15, 0.2) is 36.7 Å². The smallest absolute Gasteiger partial charge is 0.180 e. The molecule has 2 N–H and O–H groups in total. The van der Waals surface area contributed by atoms with Gasteiger partial charge in [-0.05, 0) is 42.7 Å². The van der Waals surface area contributed by atoms with Gasteiger partial charge in [-0.2, -0.15) is 0 Å². The second-order valence-corrected chi connectivity index (χ2v) is 6.12. The van der Waals surface area contributed by atoms with Gasteiger partial charge >= 0.3 is 0 Å². The van der Waals surface area contributed by atoms with Gasteiger partial charge in [-0.15, -0.1) is 5.10 Å². The lowest BCUT2D eigenvalue weighted by Crippen LogP contribution is -2.24. The number of nitrogens with zero attached hydrogens (tertiary/aromatic N) is 4. The van der Waals surface area contributed by atoms with Crippen molar-refractivity contribution in [2.75, 3.05) is 17.2 Å². The maximum absolute atomic E-state index is 13.7. The Kier molecular flexibility index (Phi) is 3.34. The zero-order chi connectivity index (χ0) is 16.0. The molecule has 0 spiro atoms. The quantitative estimate of drug-likeness (QED) is 0.781. The largest absolute Gasteiger partial charge is 0.393 e. The molecule has 1 atom stereocenters. The number of fused-ring (bicyclic) bond motifs is 1. The van der Waals surface area contributed by atoms with E-state index < -0.39 is 0 Å². The zero-order valence-corrected chi connectivity index (χ0v) is 13.0. The zero-order valence-electron chi connectivity index (χ0n) is 12.3. The number of aromatic nitrogens is 3. The number of benzene rings is 1. The predicted molar refractivity (Wildman–Crippen MR) is 88.1 cm³/mol. The molecule has 5 nitrogen and oxygen atoms in total. The average Bonchev–Trinajstić information content (AvgIpc) is 3.11. The second kappa shape index (κ2) is 5.38. The van der Waals surface area contributed by atoms with Crippen LogP contribution in [0.4, 0.5) is 15.9 Å². The van der Waals surface area contributed by atoms with Crippen molar-refractivity contribution >= 4 is 28.8 Å². The fourth-order valence-electron chi connectivity index (χ4n) is 3.24. The normalized spacial score (nSPS) is 18.0. The Balaban J connectivity index is 1.78. The molecule has 4 rings (SSSR count). The summed E-state index contributed by atoms with van der Waals surface area (Å²) in [5, 5.41) is 4.94. The Morgan fingerprint density at radius 2 is 2.17 bits per heavy atom. The summed E-state index contributed by atoms with van der Waals surface area (Å²) in [7, 11) is 0. The highest BCUT2D eigenvalue weighted by Crippen LogP contribution is 2.39. The van der Waals surface area contributed by atoms with Gasteiger partial charge in [0.1, 0.15) is 11.5 Å². The van der Waals surface area contributed by atoms with E-state index in [1.165, 1.54) is 12.1 Å². The van der Waals surface area contributed by atoms with Crippen LogP contribution in [0, 0.1) is 5.82 Å². The first-order valence-electron chi connectivity index (χ1n) is 7.45. The summed E-state index contributed by atoms with van der Waals surface area (Å²) in [6.45, 7) is 0.812. The van der Waals surface area contributed by atoms with Crippen LogP contribution in [0.2, 0.25) is 5.02 Å². The molecular formula is C16H15ClFN5. The van der Waals surface area contributed by atoms with E-state index in [-0.39, 0.29) is 11.9 Å². The van der Waals surface area contributed by atoms with E-state index in [1.54, 1.807) is 22.8 Å². The van der Waals surface area contributed by atoms with Crippen LogP contribution in [0.3, 0.4) is 0 Å². The van der Waals surface area contributed by atoms with E-state index in [0.717, 1.165) is 24.9 Å². The van der Waals surface area contributed by atoms with Gasteiger partial charge in [0.2, 0.25) is 0 Å². The molecule has 1 fully saturated rings. The van der Waals surface area contributed by atoms with Crippen molar-refractivity contribution < 1.29 is 4.39 Å². The Labute approximate surface area is 137 Å². The number of halogens is 2. The fourth-order valence-corrected chi connectivity index (χ4v) is 3.47. The molecule has 0 amide bonds. The molecule has 23 heavy (non-hydrogen) atoms. The first-order chi connectivity index (χ1) is 11.1. The Morgan fingerprint density at radius 1 is 1.30 bits per heavy atom. The van der Waals surface area contributed by atoms with Gasteiger partial charge < -0.3 is 10.6 Å². The molecule has 0 aliphatic carbocycles. The van der Waals surface area contributed by atoms with Crippen LogP contribution in [0.1, 0.15) is 24.4 Å². The third-order valence-electron chi connectivity index (χ3n) is 4.21. The maximum Gasteiger partial charge on any atom is 0.180 e. The lowest BCUT2D eigenvalue weighted by atomic mass is 10.0. The maximum atomic E-state index is 13.7. The number of hydrogen-bond acceptors (Lipinski definition) is 4. The lowest BCUT2D eigenvalue weighted by Gasteiger charge is -2.25. The monoisotopic (exact) mass is 331 g/mol. The lowest BCUT2D eigenvalue weighted by molar-refractivity contribution is 0.618. The van der Waals surface area contributed by atoms with E-state index in [2.05, 4.69) is 15.0 Å². The van der Waals surface area contributed by atoms with E-state index >= 15 is 0 Å². The Hall–Kier alpha value is -2.34. The van der Waals surface area contributed by atoms with E-state index in [1.807, 2.05) is 6.20 Å². The summed E-state index contributed by atoms with van der Waals surface area (Å²) in [5.74, 6) is 0.357. The van der Waals surface area contributed by atoms with Crippen LogP contribution >= 0.6 is 11.6 Å². The molecule has 1 aliphatic rings. The summed E-state index contributed by atoms with van der Waals surface area (Å²) in [5.41, 5.74) is 8.25. The molecule has 118 valence electrons. The first-order valence-corrected chi connectivity index (χ1v) is 7.83. The summed E-state index contributed by atoms with van der Waals surface area (Å²) in [6, 6.07) is 6.46. The van der Waals surface area contributed by atoms with Gasteiger partial charge in [0.15, 0.2) is 11.5 Å². The average molecular weight is 332 g/mol. The minimum atomic E-state index is -0.330. The highest BCUT2D eigenvalue weighted by atomic mass is 35.5. The van der Waals surface area contributed by atoms with Crippen molar-refractivity contribution in [2.24, 2.45) is 0 Å². The molecule has 0 bridgehead atoms. The highest BCUT2D eigenvalue weighted by Gasteiger charge is 2.30. The standard InChI is InChI=1S/C16H15ClFN5/c17-11-7-10(8-12(18)9-11)13-3-1-5-22(13)16-14(19)15-20-4-2-6-23(15)21-16/h2,4,6-9,13H,1,3,5,19H2. The predicted octanol–water partition coefficient (Wildman–Crippen LogP) is 3.45. The summed E-state index contributed by atoms with van der Waals surface area (Å²) in [4.78, 5) is 6.37. The van der Waals surface area contributed by atoms with Crippen LogP contribution < -0.4 is 10.6 Å². The molecule has 0 saturated carbocycles. The number of nitrogen functional groups attached to an aromatic ring is 1. The van der Waals surface area contributed by atoms with E-state index in [0.29, 0.717) is 22.2 Å². The molecule has 1 aromatic carbocycles. The number of rotatable bonds is 2. The number of hydrogen-bond donors (Lipinski definition) is 1. The van der Waals surface area contributed by atoms with Crippen molar-refractivity contribution in [3.63, 3.8) is 0 Å². The number of nitrogens with two attached hydrogens (primary N) is 1. The molecule has 3 heterocycles. The molecule has 1 saturated heterocycles. The van der Waals surface area contributed by atoms with Crippen LogP contribution in [0.5, 0.6) is 0 Å². The fraction of sp³-hybridized carbons (Fsp3) is 0.250. The highest BCUT2D eigenvalue weighted by molar-refractivity contribution is 6.30. The van der Waals surface area contributed by atoms with Crippen molar-refractivity contribution in [3.05, 3.63) is 53.1 Å². The minimum absolute atomic E-state index is 0.00964. The minimum Gasteiger partial charge on any atom is -0.393 e.